The highest BCUT2D eigenvalue weighted by Crippen LogP contribution is 2.40. The van der Waals surface area contributed by atoms with Crippen molar-refractivity contribution in [3.8, 4) is 5.75 Å². The second-order valence-electron chi connectivity index (χ2n) is 4.78. The topological polar surface area (TPSA) is 68.4 Å². The minimum absolute atomic E-state index is 0.0466. The fourth-order valence-corrected chi connectivity index (χ4v) is 2.48. The van der Waals surface area contributed by atoms with Crippen molar-refractivity contribution >= 4 is 5.82 Å². The van der Waals surface area contributed by atoms with Gasteiger partial charge in [0.2, 0.25) is 0 Å². The molecule has 3 N–H and O–H groups in total. The fraction of sp³-hybridized carbons (Fsp3) is 0.267. The molecule has 1 unspecified atom stereocenters. The Labute approximate surface area is 117 Å². The largest absolute Gasteiger partial charge is 0.496 e. The van der Waals surface area contributed by atoms with E-state index in [2.05, 4.69) is 4.98 Å². The minimum Gasteiger partial charge on any atom is -0.496 e. The highest BCUT2D eigenvalue weighted by molar-refractivity contribution is 5.55. The van der Waals surface area contributed by atoms with Gasteiger partial charge in [-0.1, -0.05) is 6.07 Å². The van der Waals surface area contributed by atoms with E-state index in [0.29, 0.717) is 5.56 Å². The number of hydrogen-bond acceptors (Lipinski definition) is 4. The van der Waals surface area contributed by atoms with Gasteiger partial charge >= 0.3 is 0 Å². The Morgan fingerprint density at radius 3 is 2.60 bits per heavy atom. The molecule has 20 heavy (non-hydrogen) atoms. The third-order valence-corrected chi connectivity index (χ3v) is 3.36. The van der Waals surface area contributed by atoms with E-state index in [4.69, 9.17) is 10.5 Å². The molecule has 0 aliphatic rings. The summed E-state index contributed by atoms with van der Waals surface area (Å²) < 4.78 is 19.3. The van der Waals surface area contributed by atoms with Crippen molar-refractivity contribution in [2.45, 2.75) is 19.4 Å². The molecular formula is C15H17FN2O2. The average molecular weight is 276 g/mol. The van der Waals surface area contributed by atoms with Gasteiger partial charge in [-0.15, -0.1) is 0 Å². The van der Waals surface area contributed by atoms with Crippen molar-refractivity contribution in [3.05, 3.63) is 53.0 Å². The molecule has 0 radical (unpaired) electrons. The average Bonchev–Trinajstić information content (AvgIpc) is 2.37. The maximum absolute atomic E-state index is 14.2. The molecule has 2 aromatic rings. The van der Waals surface area contributed by atoms with Crippen molar-refractivity contribution in [1.82, 2.24) is 4.98 Å². The summed E-state index contributed by atoms with van der Waals surface area (Å²) in [5.74, 6) is -0.130. The molecule has 0 amide bonds. The number of nitrogens with zero attached hydrogens (tertiary/aromatic N) is 1. The van der Waals surface area contributed by atoms with E-state index >= 15 is 0 Å². The normalized spacial score (nSPS) is 13.8. The summed E-state index contributed by atoms with van der Waals surface area (Å²) in [4.78, 5) is 3.97. The van der Waals surface area contributed by atoms with E-state index in [0.717, 1.165) is 5.56 Å². The van der Waals surface area contributed by atoms with Crippen LogP contribution in [0.3, 0.4) is 0 Å². The van der Waals surface area contributed by atoms with Crippen LogP contribution >= 0.6 is 0 Å². The zero-order valence-electron chi connectivity index (χ0n) is 11.6. The number of nitrogens with two attached hydrogens (primary N) is 1. The number of aliphatic hydroxyl groups is 1. The van der Waals surface area contributed by atoms with E-state index < -0.39 is 11.4 Å². The molecule has 5 heteroatoms. The van der Waals surface area contributed by atoms with Gasteiger partial charge in [-0.25, -0.2) is 9.37 Å². The molecule has 1 atom stereocenters. The van der Waals surface area contributed by atoms with Crippen LogP contribution in [0.25, 0.3) is 0 Å². The van der Waals surface area contributed by atoms with Gasteiger partial charge in [0, 0.05) is 11.8 Å². The molecular weight excluding hydrogens is 259 g/mol. The predicted octanol–water partition coefficient (Wildman–Crippen LogP) is 2.38. The van der Waals surface area contributed by atoms with Crippen molar-refractivity contribution in [3.63, 3.8) is 0 Å². The molecule has 4 nitrogen and oxygen atoms in total. The van der Waals surface area contributed by atoms with Gasteiger partial charge in [0.15, 0.2) is 0 Å². The van der Waals surface area contributed by atoms with Crippen molar-refractivity contribution in [2.24, 2.45) is 0 Å². The number of anilines is 1. The highest BCUT2D eigenvalue weighted by atomic mass is 19.1. The number of nitrogen functional groups attached to an aromatic ring is 1. The van der Waals surface area contributed by atoms with Crippen LogP contribution in [0.15, 0.2) is 30.5 Å². The van der Waals surface area contributed by atoms with E-state index in [1.54, 1.807) is 25.3 Å². The summed E-state index contributed by atoms with van der Waals surface area (Å²) in [5, 5.41) is 10.9. The van der Waals surface area contributed by atoms with Crippen LogP contribution in [0.2, 0.25) is 0 Å². The maximum atomic E-state index is 14.2. The summed E-state index contributed by atoms with van der Waals surface area (Å²) in [6, 6.07) is 6.10. The quantitative estimate of drug-likeness (QED) is 0.903. The maximum Gasteiger partial charge on any atom is 0.133 e. The lowest BCUT2D eigenvalue weighted by atomic mass is 9.85. The van der Waals surface area contributed by atoms with Crippen LogP contribution in [-0.4, -0.2) is 17.2 Å². The lowest BCUT2D eigenvalue weighted by molar-refractivity contribution is 0.0943. The first kappa shape index (κ1) is 14.3. The smallest absolute Gasteiger partial charge is 0.133 e. The van der Waals surface area contributed by atoms with Crippen LogP contribution in [0.1, 0.15) is 23.6 Å². The number of methoxy groups -OCH3 is 1. The Balaban J connectivity index is 2.73. The monoisotopic (exact) mass is 276 g/mol. The summed E-state index contributed by atoms with van der Waals surface area (Å²) in [7, 11) is 1.42. The van der Waals surface area contributed by atoms with E-state index in [1.165, 1.54) is 26.2 Å². The lowest BCUT2D eigenvalue weighted by Gasteiger charge is -2.28. The van der Waals surface area contributed by atoms with Gasteiger partial charge in [-0.05, 0) is 37.6 Å². The van der Waals surface area contributed by atoms with E-state index in [1.807, 2.05) is 0 Å². The number of pyridine rings is 1. The van der Waals surface area contributed by atoms with Crippen LogP contribution in [-0.2, 0) is 5.60 Å². The zero-order valence-corrected chi connectivity index (χ0v) is 11.6. The van der Waals surface area contributed by atoms with Gasteiger partial charge in [0.25, 0.3) is 0 Å². The number of aryl methyl sites for hydroxylation is 1. The Bertz CT molecular complexity index is 622. The highest BCUT2D eigenvalue weighted by Gasteiger charge is 2.35. The lowest BCUT2D eigenvalue weighted by Crippen LogP contribution is -2.28. The molecule has 0 fully saturated rings. The number of halogens is 1. The number of ether oxygens (including phenoxy) is 1. The summed E-state index contributed by atoms with van der Waals surface area (Å²) in [5.41, 5.74) is 5.37. The van der Waals surface area contributed by atoms with E-state index in [-0.39, 0.29) is 17.1 Å². The molecule has 0 spiro atoms. The molecule has 0 aliphatic carbocycles. The molecule has 106 valence electrons. The van der Waals surface area contributed by atoms with Crippen molar-refractivity contribution in [1.29, 1.82) is 0 Å². The second-order valence-corrected chi connectivity index (χ2v) is 4.78. The number of rotatable bonds is 3. The van der Waals surface area contributed by atoms with Gasteiger partial charge in [-0.3, -0.25) is 0 Å². The summed E-state index contributed by atoms with van der Waals surface area (Å²) in [6.07, 6.45) is 1.54. The SMILES string of the molecule is COc1cccc(F)c1C(C)(O)c1c(C)ccnc1N. The standard InChI is InChI=1S/C15H17FN2O2/c1-9-7-8-18-14(17)12(9)15(2,19)13-10(16)5-4-6-11(13)20-3/h4-8,19H,1-3H3,(H2,17,18). The Kier molecular flexibility index (Phi) is 3.63. The third-order valence-electron chi connectivity index (χ3n) is 3.36. The molecule has 0 saturated heterocycles. The molecule has 0 saturated carbocycles. The first-order valence-corrected chi connectivity index (χ1v) is 6.16. The first-order valence-electron chi connectivity index (χ1n) is 6.16. The molecule has 1 heterocycles. The van der Waals surface area contributed by atoms with Gasteiger partial charge in [0.1, 0.15) is 23.0 Å². The van der Waals surface area contributed by atoms with Crippen LogP contribution in [0, 0.1) is 12.7 Å². The Hall–Kier alpha value is -2.14. The van der Waals surface area contributed by atoms with E-state index in [9.17, 15) is 9.50 Å². The minimum atomic E-state index is -1.64. The number of hydrogen-bond donors (Lipinski definition) is 2. The van der Waals surface area contributed by atoms with Gasteiger partial charge < -0.3 is 15.6 Å². The van der Waals surface area contributed by atoms with Crippen LogP contribution in [0.4, 0.5) is 10.2 Å². The first-order chi connectivity index (χ1) is 9.39. The molecule has 1 aromatic carbocycles. The van der Waals surface area contributed by atoms with Crippen LogP contribution in [0.5, 0.6) is 5.75 Å². The van der Waals surface area contributed by atoms with Crippen molar-refractivity contribution < 1.29 is 14.2 Å². The molecule has 0 aliphatic heterocycles. The summed E-state index contributed by atoms with van der Waals surface area (Å²) in [6.45, 7) is 3.27. The Morgan fingerprint density at radius 1 is 1.30 bits per heavy atom. The summed E-state index contributed by atoms with van der Waals surface area (Å²) >= 11 is 0. The number of aromatic nitrogens is 1. The van der Waals surface area contributed by atoms with Crippen molar-refractivity contribution in [2.75, 3.05) is 12.8 Å². The molecule has 2 rings (SSSR count). The molecule has 1 aromatic heterocycles. The zero-order chi connectivity index (χ0) is 14.9. The number of benzene rings is 1. The third kappa shape index (κ3) is 2.20. The molecule has 0 bridgehead atoms. The Morgan fingerprint density at radius 2 is 2.00 bits per heavy atom. The fourth-order valence-electron chi connectivity index (χ4n) is 2.48. The van der Waals surface area contributed by atoms with Gasteiger partial charge in [0.05, 0.1) is 12.7 Å². The van der Waals surface area contributed by atoms with Crippen LogP contribution < -0.4 is 10.5 Å². The predicted molar refractivity (Wildman–Crippen MR) is 75.0 cm³/mol. The van der Waals surface area contributed by atoms with Gasteiger partial charge in [-0.2, -0.15) is 0 Å². The second kappa shape index (κ2) is 5.09.